The molecule has 0 aliphatic carbocycles. The number of ketones is 1. The molecule has 0 aliphatic rings. The van der Waals surface area contributed by atoms with Crippen LogP contribution in [0.4, 0.5) is 0 Å². The molecule has 14 heavy (non-hydrogen) atoms. The van der Waals surface area contributed by atoms with Gasteiger partial charge in [-0.25, -0.2) is 0 Å². The Labute approximate surface area is 94.1 Å². The Hall–Kier alpha value is -0.770. The molecule has 0 unspecified atom stereocenters. The van der Waals surface area contributed by atoms with Crippen LogP contribution in [0.25, 0.3) is 0 Å². The molecular weight excluding hydrogens is 243 g/mol. The summed E-state index contributed by atoms with van der Waals surface area (Å²) < 4.78 is 5.41. The molecule has 72 valence electrons. The van der Waals surface area contributed by atoms with Gasteiger partial charge in [0.15, 0.2) is 0 Å². The van der Waals surface area contributed by atoms with Crippen LogP contribution in [0.15, 0.2) is 28.9 Å². The molecule has 0 atom stereocenters. The van der Waals surface area contributed by atoms with Crippen molar-refractivity contribution in [3.63, 3.8) is 0 Å². The van der Waals surface area contributed by atoms with Gasteiger partial charge in [-0.2, -0.15) is 0 Å². The predicted octanol–water partition coefficient (Wildman–Crippen LogP) is 3.88. The number of carbonyl (C=O) groups is 1. The van der Waals surface area contributed by atoms with Crippen molar-refractivity contribution in [1.29, 1.82) is 0 Å². The maximum Gasteiger partial charge on any atom is 0.207 e. The molecule has 0 saturated heterocycles. The van der Waals surface area contributed by atoms with Gasteiger partial charge in [0.2, 0.25) is 11.0 Å². The van der Waals surface area contributed by atoms with E-state index in [1.807, 2.05) is 0 Å². The number of hydrogen-bond acceptors (Lipinski definition) is 3. The zero-order chi connectivity index (χ0) is 10.1. The van der Waals surface area contributed by atoms with Gasteiger partial charge in [0.05, 0.1) is 21.0 Å². The van der Waals surface area contributed by atoms with E-state index in [4.69, 9.17) is 27.6 Å². The van der Waals surface area contributed by atoms with Gasteiger partial charge in [-0.1, -0.05) is 11.6 Å². The van der Waals surface area contributed by atoms with Crippen LogP contribution in [0.2, 0.25) is 9.56 Å². The Morgan fingerprint density at radius 3 is 2.57 bits per heavy atom. The number of halogens is 2. The van der Waals surface area contributed by atoms with Crippen LogP contribution in [0.5, 0.6) is 0 Å². The summed E-state index contributed by atoms with van der Waals surface area (Å²) in [6, 6.07) is 4.88. The molecule has 0 aliphatic heterocycles. The molecule has 0 spiro atoms. The molecule has 0 amide bonds. The predicted molar refractivity (Wildman–Crippen MR) is 56.5 cm³/mol. The highest BCUT2D eigenvalue weighted by Crippen LogP contribution is 2.26. The summed E-state index contributed by atoms with van der Waals surface area (Å²) in [5.74, 6) is -0.166. The van der Waals surface area contributed by atoms with E-state index < -0.39 is 0 Å². The van der Waals surface area contributed by atoms with Crippen molar-refractivity contribution in [1.82, 2.24) is 0 Å². The summed E-state index contributed by atoms with van der Waals surface area (Å²) >= 11 is 12.6. The van der Waals surface area contributed by atoms with Crippen molar-refractivity contribution in [2.45, 2.75) is 0 Å². The lowest BCUT2D eigenvalue weighted by Crippen LogP contribution is -1.96. The van der Waals surface area contributed by atoms with Crippen LogP contribution >= 0.6 is 34.5 Å². The second-order valence-electron chi connectivity index (χ2n) is 2.54. The Bertz CT molecular complexity index is 473. The topological polar surface area (TPSA) is 30.2 Å². The van der Waals surface area contributed by atoms with Gasteiger partial charge >= 0.3 is 0 Å². The van der Waals surface area contributed by atoms with Crippen molar-refractivity contribution in [2.75, 3.05) is 0 Å². The first-order valence-corrected chi connectivity index (χ1v) is 5.29. The Balaban J connectivity index is 2.38. The molecule has 2 heterocycles. The fourth-order valence-electron chi connectivity index (χ4n) is 1.02. The van der Waals surface area contributed by atoms with E-state index in [0.29, 0.717) is 14.8 Å². The SMILES string of the molecule is O=C(c1ccc(Cl)s1)c1ccoc1Cl. The zero-order valence-electron chi connectivity index (χ0n) is 6.79. The Kier molecular flexibility index (Phi) is 2.63. The molecule has 0 saturated carbocycles. The molecule has 0 aromatic carbocycles. The second-order valence-corrected chi connectivity index (χ2v) is 4.60. The summed E-state index contributed by atoms with van der Waals surface area (Å²) in [5, 5.41) is 0.111. The summed E-state index contributed by atoms with van der Waals surface area (Å²) in [6.45, 7) is 0. The highest BCUT2D eigenvalue weighted by Gasteiger charge is 2.16. The monoisotopic (exact) mass is 246 g/mol. The third-order valence-corrected chi connectivity index (χ3v) is 3.18. The maximum absolute atomic E-state index is 11.7. The van der Waals surface area contributed by atoms with Gasteiger partial charge in [-0.05, 0) is 29.8 Å². The third-order valence-electron chi connectivity index (χ3n) is 1.66. The lowest BCUT2D eigenvalue weighted by Gasteiger charge is -1.92. The van der Waals surface area contributed by atoms with Crippen molar-refractivity contribution >= 4 is 40.3 Å². The average molecular weight is 247 g/mol. The summed E-state index contributed by atoms with van der Waals surface area (Å²) in [4.78, 5) is 12.3. The molecule has 2 rings (SSSR count). The largest absolute Gasteiger partial charge is 0.452 e. The number of carbonyl (C=O) groups excluding carboxylic acids is 1. The minimum atomic E-state index is -0.166. The molecule has 0 fully saturated rings. The van der Waals surface area contributed by atoms with E-state index in [0.717, 1.165) is 0 Å². The van der Waals surface area contributed by atoms with E-state index in [9.17, 15) is 4.79 Å². The second kappa shape index (κ2) is 3.77. The normalized spacial score (nSPS) is 10.4. The lowest BCUT2D eigenvalue weighted by atomic mass is 10.2. The lowest BCUT2D eigenvalue weighted by molar-refractivity contribution is 0.104. The van der Waals surface area contributed by atoms with Gasteiger partial charge < -0.3 is 4.42 Å². The van der Waals surface area contributed by atoms with E-state index in [2.05, 4.69) is 0 Å². The molecular formula is C9H4Cl2O2S. The highest BCUT2D eigenvalue weighted by molar-refractivity contribution is 7.18. The highest BCUT2D eigenvalue weighted by atomic mass is 35.5. The quantitative estimate of drug-likeness (QED) is 0.754. The molecule has 0 radical (unpaired) electrons. The molecule has 2 aromatic heterocycles. The van der Waals surface area contributed by atoms with Crippen LogP contribution < -0.4 is 0 Å². The minimum Gasteiger partial charge on any atom is -0.452 e. The summed E-state index contributed by atoms with van der Waals surface area (Å²) in [7, 11) is 0. The fourth-order valence-corrected chi connectivity index (χ4v) is 2.22. The first-order valence-electron chi connectivity index (χ1n) is 3.71. The molecule has 2 nitrogen and oxygen atoms in total. The van der Waals surface area contributed by atoms with Crippen molar-refractivity contribution in [3.05, 3.63) is 44.5 Å². The van der Waals surface area contributed by atoms with Crippen LogP contribution in [-0.2, 0) is 0 Å². The summed E-state index contributed by atoms with van der Waals surface area (Å²) in [5.41, 5.74) is 0.366. The third kappa shape index (κ3) is 1.71. The van der Waals surface area contributed by atoms with Gasteiger partial charge in [-0.15, -0.1) is 11.3 Å². The van der Waals surface area contributed by atoms with Crippen LogP contribution in [0, 0.1) is 0 Å². The minimum absolute atomic E-state index is 0.111. The van der Waals surface area contributed by atoms with Crippen molar-refractivity contribution in [2.24, 2.45) is 0 Å². The number of hydrogen-bond donors (Lipinski definition) is 0. The number of furan rings is 1. The van der Waals surface area contributed by atoms with Gasteiger partial charge in [0.25, 0.3) is 0 Å². The van der Waals surface area contributed by atoms with Crippen LogP contribution in [0.1, 0.15) is 15.2 Å². The van der Waals surface area contributed by atoms with Gasteiger partial charge in [-0.3, -0.25) is 4.79 Å². The van der Waals surface area contributed by atoms with E-state index in [-0.39, 0.29) is 11.0 Å². The van der Waals surface area contributed by atoms with Crippen molar-refractivity contribution < 1.29 is 9.21 Å². The number of rotatable bonds is 2. The molecule has 5 heteroatoms. The van der Waals surface area contributed by atoms with Crippen molar-refractivity contribution in [3.8, 4) is 0 Å². The van der Waals surface area contributed by atoms with E-state index >= 15 is 0 Å². The van der Waals surface area contributed by atoms with Gasteiger partial charge in [0, 0.05) is 0 Å². The maximum atomic E-state index is 11.7. The zero-order valence-corrected chi connectivity index (χ0v) is 9.12. The summed E-state index contributed by atoms with van der Waals surface area (Å²) in [6.07, 6.45) is 1.38. The molecule has 0 bridgehead atoms. The molecule has 0 N–H and O–H groups in total. The Morgan fingerprint density at radius 2 is 2.07 bits per heavy atom. The Morgan fingerprint density at radius 1 is 1.29 bits per heavy atom. The molecule has 2 aromatic rings. The smallest absolute Gasteiger partial charge is 0.207 e. The average Bonchev–Trinajstić information content (AvgIpc) is 2.73. The standard InChI is InChI=1S/C9H4Cl2O2S/c10-7-2-1-6(14-7)8(12)5-3-4-13-9(5)11/h1-4H. The van der Waals surface area contributed by atoms with Crippen LogP contribution in [-0.4, -0.2) is 5.78 Å². The first-order chi connectivity index (χ1) is 6.68. The van der Waals surface area contributed by atoms with E-state index in [1.54, 1.807) is 12.1 Å². The van der Waals surface area contributed by atoms with E-state index in [1.165, 1.54) is 23.7 Å². The fraction of sp³-hybridized carbons (Fsp3) is 0. The number of thiophene rings is 1. The first kappa shape index (κ1) is 9.77. The van der Waals surface area contributed by atoms with Gasteiger partial charge in [0.1, 0.15) is 0 Å². The van der Waals surface area contributed by atoms with Crippen LogP contribution in [0.3, 0.4) is 0 Å².